The zero-order valence-electron chi connectivity index (χ0n) is 11.8. The van der Waals surface area contributed by atoms with Gasteiger partial charge in [-0.3, -0.25) is 14.9 Å². The van der Waals surface area contributed by atoms with E-state index in [2.05, 4.69) is 0 Å². The average Bonchev–Trinajstić information content (AvgIpc) is 2.53. The fraction of sp³-hybridized carbons (Fsp3) is 0.125. The number of nitrogens with zero attached hydrogens (tertiary/aromatic N) is 1. The Labute approximate surface area is 126 Å². The summed E-state index contributed by atoms with van der Waals surface area (Å²) in [5.41, 5.74) is 1.49. The van der Waals surface area contributed by atoms with Crippen molar-refractivity contribution in [2.75, 3.05) is 0 Å². The quantitative estimate of drug-likeness (QED) is 0.366. The van der Waals surface area contributed by atoms with Crippen LogP contribution in [0.15, 0.2) is 48.5 Å². The molecule has 0 saturated heterocycles. The van der Waals surface area contributed by atoms with Crippen LogP contribution in [0.5, 0.6) is 0 Å². The number of rotatable bonds is 5. The first-order valence-electron chi connectivity index (χ1n) is 6.49. The average molecular weight is 299 g/mol. The Balaban J connectivity index is 1.97. The first kappa shape index (κ1) is 15.4. The van der Waals surface area contributed by atoms with Gasteiger partial charge in [-0.05, 0) is 36.8 Å². The highest BCUT2D eigenvalue weighted by atomic mass is 16.6. The third-order valence-corrected chi connectivity index (χ3v) is 3.04. The van der Waals surface area contributed by atoms with E-state index in [-0.39, 0.29) is 18.1 Å². The van der Waals surface area contributed by atoms with Gasteiger partial charge in [0.15, 0.2) is 5.78 Å². The lowest BCUT2D eigenvalue weighted by atomic mass is 10.1. The summed E-state index contributed by atoms with van der Waals surface area (Å²) in [5.74, 6) is -0.598. The molecule has 0 aliphatic rings. The zero-order valence-corrected chi connectivity index (χ0v) is 11.8. The molecule has 0 aromatic heterocycles. The second kappa shape index (κ2) is 6.62. The van der Waals surface area contributed by atoms with Crippen molar-refractivity contribution < 1.29 is 19.2 Å². The molecule has 0 unspecified atom stereocenters. The van der Waals surface area contributed by atoms with Gasteiger partial charge in [0.1, 0.15) is 6.61 Å². The van der Waals surface area contributed by atoms with Crippen molar-refractivity contribution in [3.8, 4) is 0 Å². The Hall–Kier alpha value is -3.02. The SMILES string of the molecule is CC(=O)c1ccc(C(=O)OCc2ccc([N+](=O)[O-])cc2)cc1. The van der Waals surface area contributed by atoms with Crippen LogP contribution in [0.25, 0.3) is 0 Å². The highest BCUT2D eigenvalue weighted by molar-refractivity contribution is 5.96. The summed E-state index contributed by atoms with van der Waals surface area (Å²) in [5, 5.41) is 10.5. The van der Waals surface area contributed by atoms with Crippen molar-refractivity contribution in [2.24, 2.45) is 0 Å². The molecule has 0 aliphatic heterocycles. The van der Waals surface area contributed by atoms with Gasteiger partial charge in [-0.15, -0.1) is 0 Å². The maximum atomic E-state index is 11.9. The van der Waals surface area contributed by atoms with Gasteiger partial charge in [0.05, 0.1) is 10.5 Å². The van der Waals surface area contributed by atoms with Crippen LogP contribution in [0.1, 0.15) is 33.2 Å². The van der Waals surface area contributed by atoms with Crippen molar-refractivity contribution in [1.29, 1.82) is 0 Å². The van der Waals surface area contributed by atoms with E-state index in [1.54, 1.807) is 12.1 Å². The van der Waals surface area contributed by atoms with Gasteiger partial charge in [0.25, 0.3) is 5.69 Å². The molecule has 0 aliphatic carbocycles. The van der Waals surface area contributed by atoms with E-state index in [1.165, 1.54) is 43.3 Å². The fourth-order valence-electron chi connectivity index (χ4n) is 1.79. The van der Waals surface area contributed by atoms with E-state index in [9.17, 15) is 19.7 Å². The normalized spacial score (nSPS) is 10.0. The lowest BCUT2D eigenvalue weighted by Gasteiger charge is -2.05. The maximum Gasteiger partial charge on any atom is 0.338 e. The minimum atomic E-state index is -0.520. The van der Waals surface area contributed by atoms with Crippen molar-refractivity contribution in [2.45, 2.75) is 13.5 Å². The molecule has 0 spiro atoms. The molecular formula is C16H13NO5. The molecule has 0 heterocycles. The Morgan fingerprint density at radius 3 is 2.05 bits per heavy atom. The number of hydrogen-bond acceptors (Lipinski definition) is 5. The predicted octanol–water partition coefficient (Wildman–Crippen LogP) is 3.15. The second-order valence-corrected chi connectivity index (χ2v) is 4.63. The van der Waals surface area contributed by atoms with Gasteiger partial charge in [0.2, 0.25) is 0 Å². The van der Waals surface area contributed by atoms with Crippen molar-refractivity contribution in [3.63, 3.8) is 0 Å². The minimum absolute atomic E-state index is 0.0186. The van der Waals surface area contributed by atoms with Gasteiger partial charge >= 0.3 is 5.97 Å². The number of Topliss-reactive ketones (excluding diaryl/α,β-unsaturated/α-hetero) is 1. The van der Waals surface area contributed by atoms with Crippen molar-refractivity contribution in [3.05, 3.63) is 75.3 Å². The smallest absolute Gasteiger partial charge is 0.338 e. The number of hydrogen-bond donors (Lipinski definition) is 0. The molecule has 2 aromatic carbocycles. The largest absolute Gasteiger partial charge is 0.457 e. The van der Waals surface area contributed by atoms with Gasteiger partial charge in [0, 0.05) is 17.7 Å². The van der Waals surface area contributed by atoms with E-state index in [4.69, 9.17) is 4.74 Å². The number of nitro groups is 1. The molecule has 0 bridgehead atoms. The van der Waals surface area contributed by atoms with Crippen molar-refractivity contribution in [1.82, 2.24) is 0 Å². The van der Waals surface area contributed by atoms with E-state index in [0.717, 1.165) is 0 Å². The Kier molecular flexibility index (Phi) is 4.63. The highest BCUT2D eigenvalue weighted by Crippen LogP contribution is 2.13. The number of ketones is 1. The molecule has 0 atom stereocenters. The second-order valence-electron chi connectivity index (χ2n) is 4.63. The molecule has 0 fully saturated rings. The Bertz CT molecular complexity index is 704. The molecule has 6 heteroatoms. The van der Waals surface area contributed by atoms with E-state index < -0.39 is 10.9 Å². The van der Waals surface area contributed by atoms with E-state index >= 15 is 0 Å². The van der Waals surface area contributed by atoms with Crippen LogP contribution in [0, 0.1) is 10.1 Å². The van der Waals surface area contributed by atoms with Gasteiger partial charge in [-0.1, -0.05) is 12.1 Å². The van der Waals surface area contributed by atoms with Crippen LogP contribution in [0.4, 0.5) is 5.69 Å². The summed E-state index contributed by atoms with van der Waals surface area (Å²) in [7, 11) is 0. The first-order valence-corrected chi connectivity index (χ1v) is 6.49. The van der Waals surface area contributed by atoms with Gasteiger partial charge in [-0.25, -0.2) is 4.79 Å². The Morgan fingerprint density at radius 1 is 1.00 bits per heavy atom. The highest BCUT2D eigenvalue weighted by Gasteiger charge is 2.09. The molecule has 112 valence electrons. The number of carbonyl (C=O) groups excluding carboxylic acids is 2. The number of esters is 1. The minimum Gasteiger partial charge on any atom is -0.457 e. The van der Waals surface area contributed by atoms with Crippen molar-refractivity contribution >= 4 is 17.4 Å². The molecule has 0 radical (unpaired) electrons. The van der Waals surface area contributed by atoms with E-state index in [1.807, 2.05) is 0 Å². The molecule has 0 N–H and O–H groups in total. The zero-order chi connectivity index (χ0) is 16.1. The number of carbonyl (C=O) groups is 2. The number of ether oxygens (including phenoxy) is 1. The van der Waals surface area contributed by atoms with Crippen LogP contribution in [-0.4, -0.2) is 16.7 Å². The molecule has 2 rings (SSSR count). The molecule has 22 heavy (non-hydrogen) atoms. The maximum absolute atomic E-state index is 11.9. The van der Waals surface area contributed by atoms with Crippen LogP contribution < -0.4 is 0 Å². The molecular weight excluding hydrogens is 286 g/mol. The number of benzene rings is 2. The summed E-state index contributed by atoms with van der Waals surface area (Å²) in [6, 6.07) is 11.9. The summed E-state index contributed by atoms with van der Waals surface area (Å²) in [4.78, 5) is 33.0. The summed E-state index contributed by atoms with van der Waals surface area (Å²) in [6.07, 6.45) is 0. The Morgan fingerprint density at radius 2 is 1.55 bits per heavy atom. The van der Waals surface area contributed by atoms with Crippen LogP contribution in [0.3, 0.4) is 0 Å². The molecule has 2 aromatic rings. The van der Waals surface area contributed by atoms with Crippen LogP contribution >= 0.6 is 0 Å². The van der Waals surface area contributed by atoms with E-state index in [0.29, 0.717) is 16.7 Å². The van der Waals surface area contributed by atoms with Gasteiger partial charge < -0.3 is 4.74 Å². The first-order chi connectivity index (χ1) is 10.5. The lowest BCUT2D eigenvalue weighted by molar-refractivity contribution is -0.384. The third-order valence-electron chi connectivity index (χ3n) is 3.04. The number of non-ortho nitro benzene ring substituents is 1. The third kappa shape index (κ3) is 3.76. The van der Waals surface area contributed by atoms with Crippen LogP contribution in [0.2, 0.25) is 0 Å². The molecule has 0 saturated carbocycles. The summed E-state index contributed by atoms with van der Waals surface area (Å²) >= 11 is 0. The monoisotopic (exact) mass is 299 g/mol. The van der Waals surface area contributed by atoms with Crippen LogP contribution in [-0.2, 0) is 11.3 Å². The topological polar surface area (TPSA) is 86.5 Å². The fourth-order valence-corrected chi connectivity index (χ4v) is 1.79. The number of nitro benzene ring substituents is 1. The molecule has 0 amide bonds. The molecule has 6 nitrogen and oxygen atoms in total. The summed E-state index contributed by atoms with van der Waals surface area (Å²) in [6.45, 7) is 1.47. The predicted molar refractivity (Wildman–Crippen MR) is 78.7 cm³/mol. The summed E-state index contributed by atoms with van der Waals surface area (Å²) < 4.78 is 5.12. The van der Waals surface area contributed by atoms with Gasteiger partial charge in [-0.2, -0.15) is 0 Å². The lowest BCUT2D eigenvalue weighted by Crippen LogP contribution is -2.05. The standard InChI is InChI=1S/C16H13NO5/c1-11(18)13-4-6-14(7-5-13)16(19)22-10-12-2-8-15(9-3-12)17(20)21/h2-9H,10H2,1H3.